The van der Waals surface area contributed by atoms with E-state index in [0.717, 1.165) is 0 Å². The Labute approximate surface area is 117 Å². The fraction of sp³-hybridized carbons (Fsp3) is 1.00. The van der Waals surface area contributed by atoms with Gasteiger partial charge >= 0.3 is 93.1 Å². The van der Waals surface area contributed by atoms with Crippen LogP contribution in [0.4, 0.5) is 0 Å². The SMILES string of the molecule is [B].[B].[B].[CH3][SnH][CH3].[CH3][SnH][CH3].[CH3][SnH][CH3]. The molecule has 12 heavy (non-hydrogen) atoms. The summed E-state index contributed by atoms with van der Waals surface area (Å²) in [5.74, 6) is 0. The summed E-state index contributed by atoms with van der Waals surface area (Å²) in [6.07, 6.45) is 0. The van der Waals surface area contributed by atoms with Crippen molar-refractivity contribution in [3.63, 3.8) is 0 Å². The van der Waals surface area contributed by atoms with Gasteiger partial charge < -0.3 is 0 Å². The van der Waals surface area contributed by atoms with Gasteiger partial charge in [-0.2, -0.15) is 0 Å². The second-order valence-corrected chi connectivity index (χ2v) is 11.6. The standard InChI is InChI=1S/6CH3.3B.3Sn.3H/h6*1H3;;;;;;;;;. The molecular weight excluding hydrogens is 461 g/mol. The van der Waals surface area contributed by atoms with Crippen molar-refractivity contribution in [1.82, 2.24) is 0 Å². The van der Waals surface area contributed by atoms with Crippen molar-refractivity contribution in [1.29, 1.82) is 0 Å². The molecule has 0 atom stereocenters. The molecule has 0 aromatic carbocycles. The van der Waals surface area contributed by atoms with Crippen molar-refractivity contribution in [2.75, 3.05) is 0 Å². The first-order valence-corrected chi connectivity index (χ1v) is 23.2. The molecule has 0 rings (SSSR count). The van der Waals surface area contributed by atoms with Gasteiger partial charge in [-0.1, -0.05) is 0 Å². The molecule has 0 N–H and O–H groups in total. The van der Waals surface area contributed by atoms with Crippen LogP contribution < -0.4 is 0 Å². The summed E-state index contributed by atoms with van der Waals surface area (Å²) in [6, 6.07) is 0. The third kappa shape index (κ3) is 252. The summed E-state index contributed by atoms with van der Waals surface area (Å²) in [4.78, 5) is 13.9. The fourth-order valence-electron chi connectivity index (χ4n) is 0. The predicted molar refractivity (Wildman–Crippen MR) is 73.9 cm³/mol. The Balaban J connectivity index is -0.00000001000. The molecule has 0 aliphatic carbocycles. The molecule has 0 heterocycles. The molecule has 0 amide bonds. The molecule has 0 bridgehead atoms. The van der Waals surface area contributed by atoms with Crippen molar-refractivity contribution >= 4 is 88.7 Å². The average Bonchev–Trinajstić information content (AvgIpc) is 1.70. The van der Waals surface area contributed by atoms with E-state index >= 15 is 0 Å². The van der Waals surface area contributed by atoms with Crippen molar-refractivity contribution < 1.29 is 0 Å². The molecule has 0 aliphatic rings. The van der Waals surface area contributed by atoms with Gasteiger partial charge in [-0.05, 0) is 0 Å². The molecule has 0 aromatic heterocycles. The van der Waals surface area contributed by atoms with Crippen LogP contribution in [0.2, 0.25) is 29.6 Å². The van der Waals surface area contributed by atoms with Crippen molar-refractivity contribution in [3.8, 4) is 0 Å². The first kappa shape index (κ1) is 36.5. The molecule has 0 nitrogen and oxygen atoms in total. The van der Waals surface area contributed by atoms with Crippen LogP contribution in [0.5, 0.6) is 0 Å². The second kappa shape index (κ2) is 68.9. The molecule has 0 saturated heterocycles. The normalized spacial score (nSPS) is 4.50. The van der Waals surface area contributed by atoms with Gasteiger partial charge in [0.05, 0.1) is 0 Å². The summed E-state index contributed by atoms with van der Waals surface area (Å²) in [6.45, 7) is 0. The summed E-state index contributed by atoms with van der Waals surface area (Å²) in [5.41, 5.74) is 0. The Morgan fingerprint density at radius 3 is 0.417 bits per heavy atom. The van der Waals surface area contributed by atoms with Crippen LogP contribution in [0.3, 0.4) is 0 Å². The van der Waals surface area contributed by atoms with Gasteiger partial charge in [0.1, 0.15) is 0 Å². The van der Waals surface area contributed by atoms with E-state index in [-0.39, 0.29) is 88.7 Å². The zero-order valence-electron chi connectivity index (χ0n) is 9.46. The van der Waals surface area contributed by atoms with Crippen molar-refractivity contribution in [2.24, 2.45) is 0 Å². The van der Waals surface area contributed by atoms with E-state index in [4.69, 9.17) is 0 Å². The summed E-state index contributed by atoms with van der Waals surface area (Å²) in [7, 11) is 0. The van der Waals surface area contributed by atoms with Crippen LogP contribution in [0.25, 0.3) is 0 Å². The van der Waals surface area contributed by atoms with Crippen LogP contribution in [-0.4, -0.2) is 88.7 Å². The van der Waals surface area contributed by atoms with E-state index in [9.17, 15) is 0 Å². The van der Waals surface area contributed by atoms with Crippen LogP contribution in [0, 0.1) is 0 Å². The van der Waals surface area contributed by atoms with Gasteiger partial charge in [0.25, 0.3) is 0 Å². The second-order valence-electron chi connectivity index (χ2n) is 1.73. The number of rotatable bonds is 0. The monoisotopic (exact) mass is 486 g/mol. The molecule has 0 aromatic rings. The van der Waals surface area contributed by atoms with Gasteiger partial charge in [0.15, 0.2) is 0 Å². The Morgan fingerprint density at radius 1 is 0.417 bits per heavy atom. The van der Waals surface area contributed by atoms with Gasteiger partial charge in [-0.3, -0.25) is 0 Å². The molecule has 66 valence electrons. The zero-order chi connectivity index (χ0) is 8.12. The molecular formula is C6H21B3Sn3. The molecule has 0 aliphatic heterocycles. The van der Waals surface area contributed by atoms with Crippen LogP contribution in [-0.2, 0) is 0 Å². The van der Waals surface area contributed by atoms with Gasteiger partial charge in [-0.15, -0.1) is 0 Å². The summed E-state index contributed by atoms with van der Waals surface area (Å²) in [5, 5.41) is 0. The number of hydrogen-bond donors (Lipinski definition) is 0. The summed E-state index contributed by atoms with van der Waals surface area (Å²) < 4.78 is 0. The van der Waals surface area contributed by atoms with Gasteiger partial charge in [-0.25, -0.2) is 0 Å². The number of hydrogen-bond acceptors (Lipinski definition) is 0. The van der Waals surface area contributed by atoms with E-state index in [1.807, 2.05) is 0 Å². The molecule has 0 fully saturated rings. The minimum atomic E-state index is 0. The topological polar surface area (TPSA) is 0 Å². The van der Waals surface area contributed by atoms with Crippen LogP contribution >= 0.6 is 0 Å². The fourth-order valence-corrected chi connectivity index (χ4v) is 0. The predicted octanol–water partition coefficient (Wildman–Crippen LogP) is 0.415. The van der Waals surface area contributed by atoms with Crippen molar-refractivity contribution in [3.05, 3.63) is 0 Å². The van der Waals surface area contributed by atoms with Gasteiger partial charge in [0.2, 0.25) is 0 Å². The van der Waals surface area contributed by atoms with Gasteiger partial charge in [0, 0.05) is 25.2 Å². The summed E-state index contributed by atoms with van der Waals surface area (Å²) >= 11 is 0.330. The quantitative estimate of drug-likeness (QED) is 0.440. The Kier molecular flexibility index (Phi) is 210. The maximum absolute atomic E-state index is 2.32. The first-order chi connectivity index (χ1) is 4.24. The van der Waals surface area contributed by atoms with Crippen LogP contribution in [0.15, 0.2) is 0 Å². The Hall–Kier alpha value is 2.59. The molecule has 0 unspecified atom stereocenters. The van der Waals surface area contributed by atoms with Crippen LogP contribution in [0.1, 0.15) is 0 Å². The molecule has 0 spiro atoms. The maximum atomic E-state index is 2.32. The van der Waals surface area contributed by atoms with E-state index in [1.54, 1.807) is 0 Å². The zero-order valence-corrected chi connectivity index (χ0v) is 19.4. The van der Waals surface area contributed by atoms with E-state index in [1.165, 1.54) is 0 Å². The molecule has 6 heteroatoms. The van der Waals surface area contributed by atoms with E-state index in [0.29, 0.717) is 0 Å². The minimum absolute atomic E-state index is 0. The molecule has 0 saturated carbocycles. The Morgan fingerprint density at radius 2 is 0.417 bits per heavy atom. The Bertz CT molecular complexity index is 22.8. The first-order valence-electron chi connectivity index (χ1n) is 3.46. The average molecular weight is 482 g/mol. The van der Waals surface area contributed by atoms with Crippen molar-refractivity contribution in [2.45, 2.75) is 29.6 Å². The van der Waals surface area contributed by atoms with E-state index < -0.39 is 0 Å². The third-order valence-corrected chi connectivity index (χ3v) is 0. The third-order valence-electron chi connectivity index (χ3n) is 0. The van der Waals surface area contributed by atoms with E-state index in [2.05, 4.69) is 29.6 Å². The molecule has 12 radical (unpaired) electrons.